The molecular formula is C14H8BrClN2O3S. The topological polar surface area (TPSA) is 69.2 Å². The summed E-state index contributed by atoms with van der Waals surface area (Å²) in [4.78, 5) is 7.85. The Labute approximate surface area is 140 Å². The number of hydrogen-bond donors (Lipinski definition) is 0. The molecule has 0 saturated heterocycles. The summed E-state index contributed by atoms with van der Waals surface area (Å²) in [5, 5.41) is 0.955. The highest BCUT2D eigenvalue weighted by Gasteiger charge is 2.20. The third-order valence-corrected chi connectivity index (χ3v) is 5.19. The van der Waals surface area contributed by atoms with Gasteiger partial charge >= 0.3 is 10.1 Å². The molecule has 1 aromatic carbocycles. The van der Waals surface area contributed by atoms with Gasteiger partial charge in [-0.25, -0.2) is 4.98 Å². The van der Waals surface area contributed by atoms with Gasteiger partial charge in [-0.05, 0) is 34.1 Å². The van der Waals surface area contributed by atoms with Gasteiger partial charge in [-0.2, -0.15) is 8.42 Å². The van der Waals surface area contributed by atoms with Crippen molar-refractivity contribution in [2.45, 2.75) is 4.90 Å². The Bertz CT molecular complexity index is 958. The zero-order valence-corrected chi connectivity index (χ0v) is 14.1. The predicted molar refractivity (Wildman–Crippen MR) is 86.5 cm³/mol. The molecule has 0 bridgehead atoms. The van der Waals surface area contributed by atoms with E-state index in [4.69, 9.17) is 15.8 Å². The van der Waals surface area contributed by atoms with E-state index in [-0.39, 0.29) is 15.8 Å². The molecule has 2 aromatic heterocycles. The maximum Gasteiger partial charge on any atom is 0.340 e. The first-order valence-electron chi connectivity index (χ1n) is 6.07. The molecule has 0 spiro atoms. The van der Waals surface area contributed by atoms with Crippen molar-refractivity contribution in [1.82, 2.24) is 9.97 Å². The molecular weight excluding hydrogens is 392 g/mol. The fourth-order valence-electron chi connectivity index (χ4n) is 1.85. The number of fused-ring (bicyclic) bond motifs is 1. The smallest absolute Gasteiger partial charge is 0.340 e. The van der Waals surface area contributed by atoms with E-state index in [0.717, 1.165) is 11.6 Å². The summed E-state index contributed by atoms with van der Waals surface area (Å²) in [7, 11) is -4.04. The van der Waals surface area contributed by atoms with E-state index in [0.29, 0.717) is 9.99 Å². The number of nitrogens with zero attached hydrogens (tertiary/aromatic N) is 2. The van der Waals surface area contributed by atoms with Gasteiger partial charge in [0, 0.05) is 11.6 Å². The van der Waals surface area contributed by atoms with Crippen LogP contribution in [0.3, 0.4) is 0 Å². The largest absolute Gasteiger partial charge is 0.377 e. The van der Waals surface area contributed by atoms with E-state index in [1.54, 1.807) is 24.4 Å². The lowest BCUT2D eigenvalue weighted by Crippen LogP contribution is -2.10. The van der Waals surface area contributed by atoms with Gasteiger partial charge < -0.3 is 4.18 Å². The molecule has 3 aromatic rings. The van der Waals surface area contributed by atoms with Crippen molar-refractivity contribution in [3.05, 3.63) is 58.4 Å². The predicted octanol–water partition coefficient (Wildman–Crippen LogP) is 3.81. The molecule has 0 saturated carbocycles. The molecule has 2 heterocycles. The highest BCUT2D eigenvalue weighted by atomic mass is 79.9. The molecule has 0 amide bonds. The van der Waals surface area contributed by atoms with E-state index in [1.165, 1.54) is 6.07 Å². The van der Waals surface area contributed by atoms with Gasteiger partial charge in [0.05, 0.1) is 10.7 Å². The minimum Gasteiger partial charge on any atom is -0.377 e. The second kappa shape index (κ2) is 5.83. The van der Waals surface area contributed by atoms with Crippen LogP contribution in [0.15, 0.2) is 58.2 Å². The van der Waals surface area contributed by atoms with Gasteiger partial charge in [-0.1, -0.05) is 29.8 Å². The highest BCUT2D eigenvalue weighted by molar-refractivity contribution is 9.10. The zero-order valence-electron chi connectivity index (χ0n) is 10.9. The SMILES string of the molecule is O=S(=O)(Oc1cccc2cccnc12)c1cnc(Cl)c(Br)c1. The van der Waals surface area contributed by atoms with Crippen LogP contribution in [-0.2, 0) is 10.1 Å². The van der Waals surface area contributed by atoms with Gasteiger partial charge in [0.15, 0.2) is 5.75 Å². The van der Waals surface area contributed by atoms with Crippen LogP contribution in [0.5, 0.6) is 5.75 Å². The standard InChI is InChI=1S/C14H8BrClN2O3S/c15-11-7-10(8-18-14(11)16)22(19,20)21-12-5-1-3-9-4-2-6-17-13(9)12/h1-8H. The summed E-state index contributed by atoms with van der Waals surface area (Å²) in [6.45, 7) is 0. The van der Waals surface area contributed by atoms with Gasteiger partial charge in [-0.3, -0.25) is 4.98 Å². The molecule has 0 aliphatic heterocycles. The number of hydrogen-bond acceptors (Lipinski definition) is 5. The number of para-hydroxylation sites is 1. The molecule has 0 fully saturated rings. The molecule has 8 heteroatoms. The molecule has 0 radical (unpaired) electrons. The molecule has 5 nitrogen and oxygen atoms in total. The Balaban J connectivity index is 2.05. The summed E-state index contributed by atoms with van der Waals surface area (Å²) in [6, 6.07) is 9.99. The van der Waals surface area contributed by atoms with Crippen LogP contribution in [-0.4, -0.2) is 18.4 Å². The summed E-state index contributed by atoms with van der Waals surface area (Å²) in [6.07, 6.45) is 2.71. The zero-order chi connectivity index (χ0) is 15.7. The Morgan fingerprint density at radius 2 is 1.91 bits per heavy atom. The summed E-state index contributed by atoms with van der Waals surface area (Å²) >= 11 is 8.90. The average molecular weight is 400 g/mol. The Hall–Kier alpha value is -1.70. The maximum atomic E-state index is 12.4. The normalized spacial score (nSPS) is 11.5. The Morgan fingerprint density at radius 1 is 1.14 bits per heavy atom. The average Bonchev–Trinajstić information content (AvgIpc) is 2.50. The van der Waals surface area contributed by atoms with Crippen LogP contribution in [0.1, 0.15) is 0 Å². The molecule has 0 aliphatic rings. The van der Waals surface area contributed by atoms with Crippen molar-refractivity contribution in [3.8, 4) is 5.75 Å². The quantitative estimate of drug-likeness (QED) is 0.495. The first kappa shape index (κ1) is 15.2. The first-order chi connectivity index (χ1) is 10.5. The number of rotatable bonds is 3. The van der Waals surface area contributed by atoms with Crippen LogP contribution in [0.2, 0.25) is 5.15 Å². The van der Waals surface area contributed by atoms with Crippen molar-refractivity contribution in [1.29, 1.82) is 0 Å². The number of pyridine rings is 2. The molecule has 0 unspecified atom stereocenters. The molecule has 0 atom stereocenters. The third-order valence-electron chi connectivity index (χ3n) is 2.86. The van der Waals surface area contributed by atoms with Gasteiger partial charge in [0.1, 0.15) is 15.6 Å². The van der Waals surface area contributed by atoms with Gasteiger partial charge in [0.25, 0.3) is 0 Å². The second-order valence-electron chi connectivity index (χ2n) is 4.31. The summed E-state index contributed by atoms with van der Waals surface area (Å²) in [5.74, 6) is 0.157. The molecule has 3 rings (SSSR count). The minimum atomic E-state index is -4.04. The molecule has 0 aliphatic carbocycles. The van der Waals surface area contributed by atoms with Crippen LogP contribution in [0.25, 0.3) is 10.9 Å². The van der Waals surface area contributed by atoms with E-state index in [2.05, 4.69) is 25.9 Å². The number of benzene rings is 1. The Morgan fingerprint density at radius 3 is 2.68 bits per heavy atom. The van der Waals surface area contributed by atoms with Crippen LogP contribution in [0, 0.1) is 0 Å². The monoisotopic (exact) mass is 398 g/mol. The van der Waals surface area contributed by atoms with Crippen molar-refractivity contribution in [2.24, 2.45) is 0 Å². The Kier molecular flexibility index (Phi) is 4.03. The van der Waals surface area contributed by atoms with Gasteiger partial charge in [-0.15, -0.1) is 0 Å². The van der Waals surface area contributed by atoms with Gasteiger partial charge in [0.2, 0.25) is 0 Å². The summed E-state index contributed by atoms with van der Waals surface area (Å²) < 4.78 is 30.3. The van der Waals surface area contributed by atoms with E-state index < -0.39 is 10.1 Å². The fourth-order valence-corrected chi connectivity index (χ4v) is 3.37. The lowest BCUT2D eigenvalue weighted by molar-refractivity contribution is 0.487. The van der Waals surface area contributed by atoms with E-state index in [1.807, 2.05) is 12.1 Å². The van der Waals surface area contributed by atoms with E-state index in [9.17, 15) is 8.42 Å². The van der Waals surface area contributed by atoms with Crippen molar-refractivity contribution in [2.75, 3.05) is 0 Å². The third kappa shape index (κ3) is 2.92. The van der Waals surface area contributed by atoms with Crippen LogP contribution < -0.4 is 4.18 Å². The molecule has 0 N–H and O–H groups in total. The lowest BCUT2D eigenvalue weighted by atomic mass is 10.2. The molecule has 22 heavy (non-hydrogen) atoms. The minimum absolute atomic E-state index is 0.100. The van der Waals surface area contributed by atoms with Crippen LogP contribution >= 0.6 is 27.5 Å². The lowest BCUT2D eigenvalue weighted by Gasteiger charge is -2.09. The summed E-state index contributed by atoms with van der Waals surface area (Å²) in [5.41, 5.74) is 0.467. The van der Waals surface area contributed by atoms with Crippen molar-refractivity contribution < 1.29 is 12.6 Å². The number of halogens is 2. The fraction of sp³-hybridized carbons (Fsp3) is 0. The second-order valence-corrected chi connectivity index (χ2v) is 7.07. The maximum absolute atomic E-state index is 12.4. The van der Waals surface area contributed by atoms with Crippen LogP contribution in [0.4, 0.5) is 0 Å². The van der Waals surface area contributed by atoms with Crippen molar-refractivity contribution in [3.63, 3.8) is 0 Å². The first-order valence-corrected chi connectivity index (χ1v) is 8.64. The van der Waals surface area contributed by atoms with Crippen molar-refractivity contribution >= 4 is 48.6 Å². The van der Waals surface area contributed by atoms with E-state index >= 15 is 0 Å². The number of aromatic nitrogens is 2. The highest BCUT2D eigenvalue weighted by Crippen LogP contribution is 2.28. The molecule has 112 valence electrons.